The van der Waals surface area contributed by atoms with Gasteiger partial charge in [0, 0.05) is 6.10 Å². The fourth-order valence-corrected chi connectivity index (χ4v) is 10.6. The molecule has 1 nitrogen and oxygen atoms in total. The first kappa shape index (κ1) is 19.7. The molecule has 0 saturated heterocycles. The van der Waals surface area contributed by atoms with E-state index in [9.17, 15) is 0 Å². The van der Waals surface area contributed by atoms with Crippen LogP contribution < -0.4 is 0 Å². The summed E-state index contributed by atoms with van der Waals surface area (Å²) < 4.78 is 6.97. The Morgan fingerprint density at radius 2 is 1.46 bits per heavy atom. The van der Waals surface area contributed by atoms with E-state index in [-0.39, 0.29) is 0 Å². The Bertz CT molecular complexity index is 472. The van der Waals surface area contributed by atoms with Gasteiger partial charge in [0.05, 0.1) is 0 Å². The van der Waals surface area contributed by atoms with Gasteiger partial charge >= 0.3 is 0 Å². The molecular formula is C22H38OSi. The molecule has 1 saturated carbocycles. The minimum absolute atomic E-state index is 0.435. The normalized spacial score (nSPS) is 22.4. The molecule has 1 aliphatic rings. The number of hydrogen-bond donors (Lipinski definition) is 0. The molecule has 1 aliphatic carbocycles. The molecule has 24 heavy (non-hydrogen) atoms. The van der Waals surface area contributed by atoms with E-state index in [0.29, 0.717) is 22.7 Å². The molecular weight excluding hydrogens is 308 g/mol. The molecule has 0 bridgehead atoms. The lowest BCUT2D eigenvalue weighted by molar-refractivity contribution is 0.163. The zero-order chi connectivity index (χ0) is 17.9. The van der Waals surface area contributed by atoms with Crippen LogP contribution in [0.4, 0.5) is 0 Å². The summed E-state index contributed by atoms with van der Waals surface area (Å²) in [6.45, 7) is 16.7. The SMILES string of the molecule is CC(C)[Si](O[C@@H](C)[C@@H]1C[C@H]1CCc1ccccc1)(C(C)C)C(C)C. The molecule has 0 N–H and O–H groups in total. The molecule has 136 valence electrons. The minimum atomic E-state index is -1.73. The fourth-order valence-electron chi connectivity index (χ4n) is 4.99. The van der Waals surface area contributed by atoms with Crippen molar-refractivity contribution in [2.24, 2.45) is 11.8 Å². The van der Waals surface area contributed by atoms with E-state index in [0.717, 1.165) is 11.8 Å². The first-order valence-corrected chi connectivity index (χ1v) is 12.1. The second-order valence-corrected chi connectivity index (χ2v) is 14.2. The van der Waals surface area contributed by atoms with Crippen molar-refractivity contribution in [2.75, 3.05) is 0 Å². The zero-order valence-electron chi connectivity index (χ0n) is 16.9. The zero-order valence-corrected chi connectivity index (χ0v) is 17.9. The third kappa shape index (κ3) is 4.32. The highest BCUT2D eigenvalue weighted by molar-refractivity contribution is 6.77. The van der Waals surface area contributed by atoms with Gasteiger partial charge in [0.2, 0.25) is 8.32 Å². The average Bonchev–Trinajstić information content (AvgIpc) is 3.30. The van der Waals surface area contributed by atoms with Gasteiger partial charge in [0.1, 0.15) is 0 Å². The standard InChI is InChI=1S/C22H38OSi/c1-16(2)24(17(3)4,18(5)6)23-19(7)22-15-21(22)14-13-20-11-9-8-10-12-20/h8-12,16-19,21-22H,13-15H2,1-7H3/t19-,21+,22-/m0/s1. The molecule has 0 amide bonds. The van der Waals surface area contributed by atoms with Crippen LogP contribution in [0.25, 0.3) is 0 Å². The van der Waals surface area contributed by atoms with Crippen LogP contribution in [0.5, 0.6) is 0 Å². The summed E-state index contributed by atoms with van der Waals surface area (Å²) in [6.07, 6.45) is 4.34. The summed E-state index contributed by atoms with van der Waals surface area (Å²) in [5, 5.41) is 0. The van der Waals surface area contributed by atoms with E-state index in [1.807, 2.05) is 0 Å². The van der Waals surface area contributed by atoms with Crippen molar-refractivity contribution < 1.29 is 4.43 Å². The predicted octanol–water partition coefficient (Wildman–Crippen LogP) is 6.84. The van der Waals surface area contributed by atoms with Crippen molar-refractivity contribution in [1.29, 1.82) is 0 Å². The lowest BCUT2D eigenvalue weighted by Crippen LogP contribution is -2.50. The summed E-state index contributed by atoms with van der Waals surface area (Å²) in [4.78, 5) is 0. The summed E-state index contributed by atoms with van der Waals surface area (Å²) in [5.74, 6) is 1.66. The Hall–Kier alpha value is -0.603. The van der Waals surface area contributed by atoms with Gasteiger partial charge in [0.15, 0.2) is 0 Å². The molecule has 1 fully saturated rings. The van der Waals surface area contributed by atoms with Gasteiger partial charge in [-0.1, -0.05) is 71.9 Å². The van der Waals surface area contributed by atoms with Crippen molar-refractivity contribution in [2.45, 2.75) is 90.5 Å². The van der Waals surface area contributed by atoms with Crippen LogP contribution in [0.2, 0.25) is 16.6 Å². The van der Waals surface area contributed by atoms with Gasteiger partial charge in [0.25, 0.3) is 0 Å². The molecule has 2 rings (SSSR count). The number of benzene rings is 1. The highest BCUT2D eigenvalue weighted by atomic mass is 28.4. The monoisotopic (exact) mass is 346 g/mol. The van der Waals surface area contributed by atoms with Gasteiger partial charge in [-0.15, -0.1) is 0 Å². The maximum Gasteiger partial charge on any atom is 0.200 e. The van der Waals surface area contributed by atoms with Crippen molar-refractivity contribution in [1.82, 2.24) is 0 Å². The molecule has 0 unspecified atom stereocenters. The number of hydrogen-bond acceptors (Lipinski definition) is 1. The Morgan fingerprint density at radius 1 is 0.917 bits per heavy atom. The van der Waals surface area contributed by atoms with Gasteiger partial charge in [-0.25, -0.2) is 0 Å². The topological polar surface area (TPSA) is 9.23 Å². The van der Waals surface area contributed by atoms with Crippen LogP contribution in [0.15, 0.2) is 30.3 Å². The Morgan fingerprint density at radius 3 is 1.96 bits per heavy atom. The van der Waals surface area contributed by atoms with E-state index >= 15 is 0 Å². The minimum Gasteiger partial charge on any atom is -0.413 e. The van der Waals surface area contributed by atoms with E-state index in [1.54, 1.807) is 0 Å². The largest absolute Gasteiger partial charge is 0.413 e. The molecule has 0 spiro atoms. The van der Waals surface area contributed by atoms with Crippen molar-refractivity contribution >= 4 is 8.32 Å². The van der Waals surface area contributed by atoms with Gasteiger partial charge in [-0.3, -0.25) is 0 Å². The summed E-state index contributed by atoms with van der Waals surface area (Å²) >= 11 is 0. The van der Waals surface area contributed by atoms with E-state index in [4.69, 9.17) is 4.43 Å². The highest BCUT2D eigenvalue weighted by Gasteiger charge is 2.50. The van der Waals surface area contributed by atoms with Crippen LogP contribution in [0, 0.1) is 11.8 Å². The summed E-state index contributed by atoms with van der Waals surface area (Å²) in [5.41, 5.74) is 3.52. The molecule has 0 aliphatic heterocycles. The fraction of sp³-hybridized carbons (Fsp3) is 0.727. The second kappa shape index (κ2) is 8.18. The predicted molar refractivity (Wildman–Crippen MR) is 108 cm³/mol. The Labute approximate surface area is 151 Å². The lowest BCUT2D eigenvalue weighted by atomic mass is 10.1. The smallest absolute Gasteiger partial charge is 0.200 e. The molecule has 1 aromatic rings. The van der Waals surface area contributed by atoms with Gasteiger partial charge < -0.3 is 4.43 Å². The lowest BCUT2D eigenvalue weighted by Gasteiger charge is -2.44. The van der Waals surface area contributed by atoms with Crippen LogP contribution in [-0.4, -0.2) is 14.4 Å². The average molecular weight is 347 g/mol. The first-order chi connectivity index (χ1) is 11.3. The molecule has 2 heteroatoms. The molecule has 1 aromatic carbocycles. The third-order valence-electron chi connectivity index (χ3n) is 6.32. The Balaban J connectivity index is 1.91. The van der Waals surface area contributed by atoms with Crippen molar-refractivity contribution in [3.63, 3.8) is 0 Å². The molecule has 0 aromatic heterocycles. The second-order valence-electron chi connectivity index (χ2n) is 8.82. The highest BCUT2D eigenvalue weighted by Crippen LogP contribution is 2.49. The molecule has 0 heterocycles. The van der Waals surface area contributed by atoms with E-state index < -0.39 is 8.32 Å². The number of aryl methyl sites for hydroxylation is 1. The maximum atomic E-state index is 6.97. The first-order valence-electron chi connectivity index (χ1n) is 10.0. The third-order valence-corrected chi connectivity index (χ3v) is 12.5. The van der Waals surface area contributed by atoms with Crippen LogP contribution >= 0.6 is 0 Å². The summed E-state index contributed by atoms with van der Waals surface area (Å²) in [6, 6.07) is 10.9. The summed E-state index contributed by atoms with van der Waals surface area (Å²) in [7, 11) is -1.73. The van der Waals surface area contributed by atoms with Crippen molar-refractivity contribution in [3.8, 4) is 0 Å². The van der Waals surface area contributed by atoms with Gasteiger partial charge in [-0.2, -0.15) is 0 Å². The quantitative estimate of drug-likeness (QED) is 0.445. The van der Waals surface area contributed by atoms with Gasteiger partial charge in [-0.05, 0) is 60.2 Å². The Kier molecular flexibility index (Phi) is 6.72. The van der Waals surface area contributed by atoms with Crippen LogP contribution in [-0.2, 0) is 10.8 Å². The van der Waals surface area contributed by atoms with Crippen LogP contribution in [0.3, 0.4) is 0 Å². The van der Waals surface area contributed by atoms with E-state index in [2.05, 4.69) is 78.8 Å². The van der Waals surface area contributed by atoms with Crippen molar-refractivity contribution in [3.05, 3.63) is 35.9 Å². The van der Waals surface area contributed by atoms with Crippen LogP contribution in [0.1, 0.15) is 66.9 Å². The van der Waals surface area contributed by atoms with E-state index in [1.165, 1.54) is 24.8 Å². The molecule has 0 radical (unpaired) electrons. The maximum absolute atomic E-state index is 6.97. The number of rotatable bonds is 9. The molecule has 3 atom stereocenters.